The Balaban J connectivity index is 0.00000324. The number of aryl methyl sites for hydroxylation is 1. The van der Waals surface area contributed by atoms with Gasteiger partial charge in [-0.1, -0.05) is 13.3 Å². The molecule has 1 heterocycles. The summed E-state index contributed by atoms with van der Waals surface area (Å²) in [5, 5.41) is 7.53. The number of carboxylic acids is 1. The SMILES string of the molecule is CCCC(c1nc(CC(=O)O)[nH]c1C)S(=O)(=O)O.Cl. The molecule has 0 aliphatic heterocycles. The fourth-order valence-corrected chi connectivity index (χ4v) is 2.81. The van der Waals surface area contributed by atoms with Crippen molar-refractivity contribution in [1.82, 2.24) is 9.97 Å². The van der Waals surface area contributed by atoms with E-state index in [1.165, 1.54) is 0 Å². The quantitative estimate of drug-likeness (QED) is 0.684. The average Bonchev–Trinajstić information content (AvgIpc) is 2.52. The summed E-state index contributed by atoms with van der Waals surface area (Å²) < 4.78 is 31.8. The van der Waals surface area contributed by atoms with Crippen molar-refractivity contribution in [3.8, 4) is 0 Å². The van der Waals surface area contributed by atoms with Crippen LogP contribution in [-0.2, 0) is 21.3 Å². The molecule has 0 spiro atoms. The highest BCUT2D eigenvalue weighted by molar-refractivity contribution is 7.86. The number of nitrogens with one attached hydrogen (secondary N) is 1. The second kappa shape index (κ2) is 6.88. The molecule has 3 N–H and O–H groups in total. The minimum Gasteiger partial charge on any atom is -0.481 e. The molecule has 0 aliphatic rings. The van der Waals surface area contributed by atoms with Gasteiger partial charge in [-0.05, 0) is 13.3 Å². The zero-order valence-corrected chi connectivity index (χ0v) is 12.2. The van der Waals surface area contributed by atoms with E-state index < -0.39 is 21.3 Å². The van der Waals surface area contributed by atoms with Gasteiger partial charge in [0.05, 0.1) is 5.69 Å². The average molecular weight is 313 g/mol. The smallest absolute Gasteiger partial charge is 0.311 e. The molecule has 1 atom stereocenters. The van der Waals surface area contributed by atoms with Crippen LogP contribution in [0.5, 0.6) is 0 Å². The van der Waals surface area contributed by atoms with E-state index in [9.17, 15) is 17.8 Å². The number of aliphatic carboxylic acids is 1. The molecule has 0 aliphatic carbocycles. The molecular formula is C10H17ClN2O5S. The molecule has 9 heteroatoms. The van der Waals surface area contributed by atoms with Gasteiger partial charge in [-0.3, -0.25) is 9.35 Å². The Morgan fingerprint density at radius 1 is 1.47 bits per heavy atom. The number of imidazole rings is 1. The van der Waals surface area contributed by atoms with Gasteiger partial charge in [0, 0.05) is 5.69 Å². The zero-order valence-electron chi connectivity index (χ0n) is 10.6. The number of hydrogen-bond donors (Lipinski definition) is 3. The minimum absolute atomic E-state index is 0. The van der Waals surface area contributed by atoms with Gasteiger partial charge in [0.1, 0.15) is 17.5 Å². The van der Waals surface area contributed by atoms with E-state index in [1.54, 1.807) is 13.8 Å². The largest absolute Gasteiger partial charge is 0.481 e. The van der Waals surface area contributed by atoms with E-state index in [0.29, 0.717) is 12.1 Å². The van der Waals surface area contributed by atoms with E-state index in [2.05, 4.69) is 9.97 Å². The lowest BCUT2D eigenvalue weighted by Gasteiger charge is -2.10. The summed E-state index contributed by atoms with van der Waals surface area (Å²) in [4.78, 5) is 17.2. The van der Waals surface area contributed by atoms with Gasteiger partial charge in [-0.25, -0.2) is 4.98 Å². The van der Waals surface area contributed by atoms with Crippen molar-refractivity contribution in [2.45, 2.75) is 38.4 Å². The molecule has 110 valence electrons. The summed E-state index contributed by atoms with van der Waals surface area (Å²) in [6.45, 7) is 3.39. The summed E-state index contributed by atoms with van der Waals surface area (Å²) in [5.41, 5.74) is 0.651. The zero-order chi connectivity index (χ0) is 13.9. The third-order valence-corrected chi connectivity index (χ3v) is 3.68. The van der Waals surface area contributed by atoms with E-state index in [1.807, 2.05) is 0 Å². The Kier molecular flexibility index (Phi) is 6.47. The standard InChI is InChI=1S/C10H16N2O5S.ClH/c1-3-4-7(18(15,16)17)10-6(2)11-8(12-10)5-9(13)14;/h7H,3-5H2,1-2H3,(H,11,12)(H,13,14)(H,15,16,17);1H. The van der Waals surface area contributed by atoms with E-state index >= 15 is 0 Å². The van der Waals surface area contributed by atoms with Gasteiger partial charge >= 0.3 is 5.97 Å². The van der Waals surface area contributed by atoms with Crippen LogP contribution in [0.2, 0.25) is 0 Å². The highest BCUT2D eigenvalue weighted by Gasteiger charge is 2.28. The molecule has 1 rings (SSSR count). The predicted molar refractivity (Wildman–Crippen MR) is 71.1 cm³/mol. The van der Waals surface area contributed by atoms with Crippen LogP contribution in [0.1, 0.15) is 42.2 Å². The van der Waals surface area contributed by atoms with Crippen LogP contribution in [0.3, 0.4) is 0 Å². The summed E-state index contributed by atoms with van der Waals surface area (Å²) in [7, 11) is -4.25. The highest BCUT2D eigenvalue weighted by Crippen LogP contribution is 2.27. The molecule has 0 aromatic carbocycles. The first-order valence-electron chi connectivity index (χ1n) is 5.49. The molecule has 0 amide bonds. The van der Waals surface area contributed by atoms with Crippen LogP contribution in [0.25, 0.3) is 0 Å². The fourth-order valence-electron chi connectivity index (χ4n) is 1.77. The molecule has 1 aromatic rings. The van der Waals surface area contributed by atoms with Crippen molar-refractivity contribution in [3.63, 3.8) is 0 Å². The van der Waals surface area contributed by atoms with Crippen molar-refractivity contribution in [2.24, 2.45) is 0 Å². The third-order valence-electron chi connectivity index (χ3n) is 2.51. The first-order chi connectivity index (χ1) is 8.25. The topological polar surface area (TPSA) is 120 Å². The van der Waals surface area contributed by atoms with Crippen LogP contribution < -0.4 is 0 Å². The highest BCUT2D eigenvalue weighted by atomic mass is 35.5. The molecule has 1 unspecified atom stereocenters. The Morgan fingerprint density at radius 2 is 2.05 bits per heavy atom. The van der Waals surface area contributed by atoms with Crippen molar-refractivity contribution in [3.05, 3.63) is 17.2 Å². The summed E-state index contributed by atoms with van der Waals surface area (Å²) >= 11 is 0. The Morgan fingerprint density at radius 3 is 2.47 bits per heavy atom. The van der Waals surface area contributed by atoms with Gasteiger partial charge < -0.3 is 10.1 Å². The van der Waals surface area contributed by atoms with Crippen molar-refractivity contribution in [1.29, 1.82) is 0 Å². The van der Waals surface area contributed by atoms with Gasteiger partial charge in [0.15, 0.2) is 0 Å². The van der Waals surface area contributed by atoms with Gasteiger partial charge in [-0.2, -0.15) is 8.42 Å². The third kappa shape index (κ3) is 4.81. The fraction of sp³-hybridized carbons (Fsp3) is 0.600. The molecule has 0 radical (unpaired) electrons. The van der Waals surface area contributed by atoms with Crippen LogP contribution in [0.15, 0.2) is 0 Å². The van der Waals surface area contributed by atoms with Crippen molar-refractivity contribution >= 4 is 28.5 Å². The molecule has 1 aromatic heterocycles. The number of carbonyl (C=O) groups is 1. The maximum absolute atomic E-state index is 11.3. The van der Waals surface area contributed by atoms with E-state index in [4.69, 9.17) is 5.11 Å². The lowest BCUT2D eigenvalue weighted by atomic mass is 10.2. The Labute approximate surface area is 117 Å². The number of rotatable bonds is 6. The minimum atomic E-state index is -4.25. The lowest BCUT2D eigenvalue weighted by molar-refractivity contribution is -0.136. The summed E-state index contributed by atoms with van der Waals surface area (Å²) in [5.74, 6) is -0.881. The first-order valence-corrected chi connectivity index (χ1v) is 6.99. The lowest BCUT2D eigenvalue weighted by Crippen LogP contribution is -2.13. The number of aromatic nitrogens is 2. The van der Waals surface area contributed by atoms with Crippen LogP contribution in [0.4, 0.5) is 0 Å². The number of hydrogen-bond acceptors (Lipinski definition) is 4. The molecule has 0 fully saturated rings. The van der Waals surface area contributed by atoms with Gasteiger partial charge in [0.2, 0.25) is 0 Å². The number of halogens is 1. The van der Waals surface area contributed by atoms with Crippen LogP contribution in [-0.4, -0.2) is 34.0 Å². The second-order valence-electron chi connectivity index (χ2n) is 4.06. The Bertz CT molecular complexity index is 540. The maximum Gasteiger partial charge on any atom is 0.311 e. The van der Waals surface area contributed by atoms with E-state index in [-0.39, 0.29) is 36.8 Å². The molecule has 0 saturated carbocycles. The number of nitrogens with zero attached hydrogens (tertiary/aromatic N) is 1. The summed E-state index contributed by atoms with van der Waals surface area (Å²) in [6, 6.07) is 0. The second-order valence-corrected chi connectivity index (χ2v) is 5.66. The van der Waals surface area contributed by atoms with Gasteiger partial charge in [0.25, 0.3) is 10.1 Å². The molecule has 0 bridgehead atoms. The molecule has 19 heavy (non-hydrogen) atoms. The normalized spacial score (nSPS) is 12.8. The summed E-state index contributed by atoms with van der Waals surface area (Å²) in [6.07, 6.45) is 0.479. The van der Waals surface area contributed by atoms with Crippen molar-refractivity contribution < 1.29 is 22.9 Å². The molecule has 0 saturated heterocycles. The number of aromatic amines is 1. The van der Waals surface area contributed by atoms with Crippen LogP contribution in [0, 0.1) is 6.92 Å². The monoisotopic (exact) mass is 312 g/mol. The predicted octanol–water partition coefficient (Wildman–Crippen LogP) is 1.50. The Hall–Kier alpha value is -1.12. The van der Waals surface area contributed by atoms with Crippen LogP contribution >= 0.6 is 12.4 Å². The number of carboxylic acid groups (broad SMARTS) is 1. The molecule has 7 nitrogen and oxygen atoms in total. The van der Waals surface area contributed by atoms with Crippen molar-refractivity contribution in [2.75, 3.05) is 0 Å². The number of H-pyrrole nitrogens is 1. The van der Waals surface area contributed by atoms with E-state index in [0.717, 1.165) is 0 Å². The van der Waals surface area contributed by atoms with Gasteiger partial charge in [-0.15, -0.1) is 12.4 Å². The maximum atomic E-state index is 11.3. The first kappa shape index (κ1) is 17.9. The molecular weight excluding hydrogens is 296 g/mol.